The van der Waals surface area contributed by atoms with Crippen LogP contribution in [0.2, 0.25) is 10.0 Å². The van der Waals surface area contributed by atoms with Crippen LogP contribution >= 0.6 is 23.2 Å². The van der Waals surface area contributed by atoms with Crippen LogP contribution in [0.15, 0.2) is 42.5 Å². The molecule has 2 aromatic rings. The summed E-state index contributed by atoms with van der Waals surface area (Å²) in [6.45, 7) is 3.95. The number of hydrogen-bond acceptors (Lipinski definition) is 4. The van der Waals surface area contributed by atoms with Crippen molar-refractivity contribution in [3.63, 3.8) is 0 Å². The molecule has 144 valence electrons. The minimum atomic E-state index is 0.128. The Morgan fingerprint density at radius 1 is 1.04 bits per heavy atom. The number of benzene rings is 2. The maximum absolute atomic E-state index is 12.6. The highest BCUT2D eigenvalue weighted by Crippen LogP contribution is 2.23. The molecule has 0 saturated carbocycles. The maximum atomic E-state index is 12.6. The molecule has 5 nitrogen and oxygen atoms in total. The minimum absolute atomic E-state index is 0.128. The Bertz CT molecular complexity index is 790. The van der Waals surface area contributed by atoms with Crippen molar-refractivity contribution in [2.24, 2.45) is 0 Å². The van der Waals surface area contributed by atoms with Gasteiger partial charge in [0.2, 0.25) is 5.91 Å². The molecule has 1 saturated heterocycles. The number of likely N-dealkylation sites (N-methyl/N-ethyl adjacent to an activating group) is 1. The van der Waals surface area contributed by atoms with Crippen LogP contribution in [0.5, 0.6) is 5.75 Å². The van der Waals surface area contributed by atoms with Crippen molar-refractivity contribution in [2.75, 3.05) is 44.7 Å². The molecule has 0 unspecified atom stereocenters. The number of piperazine rings is 1. The molecule has 1 fully saturated rings. The summed E-state index contributed by atoms with van der Waals surface area (Å²) in [5.41, 5.74) is 2.09. The van der Waals surface area contributed by atoms with Gasteiger partial charge in [-0.1, -0.05) is 29.3 Å². The standard InChI is InChI=1S/C20H23Cl2N3O2/c1-23(13-15-2-7-18(21)19(22)12-15)14-20(27)25-10-8-24(9-11-25)16-3-5-17(26)6-4-16/h2-7,12,26H,8-11,13-14H2,1H3. The molecule has 0 aliphatic carbocycles. The van der Waals surface area contributed by atoms with Crippen molar-refractivity contribution in [2.45, 2.75) is 6.54 Å². The molecular formula is C20H23Cl2N3O2. The first-order chi connectivity index (χ1) is 12.9. The number of amides is 1. The number of hydrogen-bond donors (Lipinski definition) is 1. The van der Waals surface area contributed by atoms with Gasteiger partial charge < -0.3 is 14.9 Å². The van der Waals surface area contributed by atoms with Gasteiger partial charge in [-0.05, 0) is 49.0 Å². The molecular weight excluding hydrogens is 385 g/mol. The van der Waals surface area contributed by atoms with E-state index in [1.54, 1.807) is 18.2 Å². The van der Waals surface area contributed by atoms with Gasteiger partial charge in [-0.15, -0.1) is 0 Å². The number of phenols is 1. The predicted molar refractivity (Wildman–Crippen MR) is 110 cm³/mol. The van der Waals surface area contributed by atoms with Crippen molar-refractivity contribution < 1.29 is 9.90 Å². The number of rotatable bonds is 5. The summed E-state index contributed by atoms with van der Waals surface area (Å²) < 4.78 is 0. The SMILES string of the molecule is CN(CC(=O)N1CCN(c2ccc(O)cc2)CC1)Cc1ccc(Cl)c(Cl)c1. The largest absolute Gasteiger partial charge is 0.508 e. The minimum Gasteiger partial charge on any atom is -0.508 e. The van der Waals surface area contributed by atoms with Gasteiger partial charge in [0.15, 0.2) is 0 Å². The third-order valence-electron chi connectivity index (χ3n) is 4.69. The zero-order chi connectivity index (χ0) is 19.4. The van der Waals surface area contributed by atoms with Crippen LogP contribution in [-0.2, 0) is 11.3 Å². The summed E-state index contributed by atoms with van der Waals surface area (Å²) in [5, 5.41) is 10.5. The van der Waals surface area contributed by atoms with E-state index in [-0.39, 0.29) is 11.7 Å². The van der Waals surface area contributed by atoms with Gasteiger partial charge in [-0.3, -0.25) is 9.69 Å². The third-order valence-corrected chi connectivity index (χ3v) is 5.43. The fourth-order valence-corrected chi connectivity index (χ4v) is 3.53. The van der Waals surface area contributed by atoms with Crippen LogP contribution in [-0.4, -0.2) is 60.6 Å². The first-order valence-electron chi connectivity index (χ1n) is 8.86. The number of carbonyl (C=O) groups excluding carboxylic acids is 1. The first-order valence-corrected chi connectivity index (χ1v) is 9.62. The summed E-state index contributed by atoms with van der Waals surface area (Å²) >= 11 is 12.0. The predicted octanol–water partition coefficient (Wildman–Crippen LogP) is 3.48. The molecule has 0 radical (unpaired) electrons. The molecule has 1 amide bonds. The zero-order valence-electron chi connectivity index (χ0n) is 15.2. The molecule has 3 rings (SSSR count). The Labute approximate surface area is 169 Å². The average Bonchev–Trinajstić information content (AvgIpc) is 2.65. The Hall–Kier alpha value is -1.95. The van der Waals surface area contributed by atoms with Gasteiger partial charge in [0.05, 0.1) is 16.6 Å². The van der Waals surface area contributed by atoms with Crippen LogP contribution in [0.25, 0.3) is 0 Å². The maximum Gasteiger partial charge on any atom is 0.236 e. The number of aromatic hydroxyl groups is 1. The normalized spacial score (nSPS) is 14.7. The highest BCUT2D eigenvalue weighted by molar-refractivity contribution is 6.42. The second kappa shape index (κ2) is 8.83. The van der Waals surface area contributed by atoms with E-state index in [0.717, 1.165) is 24.3 Å². The first kappa shape index (κ1) is 19.8. The lowest BCUT2D eigenvalue weighted by Gasteiger charge is -2.36. The van der Waals surface area contributed by atoms with E-state index in [9.17, 15) is 9.90 Å². The Kier molecular flexibility index (Phi) is 6.47. The van der Waals surface area contributed by atoms with Crippen molar-refractivity contribution in [3.05, 3.63) is 58.1 Å². The Balaban J connectivity index is 1.48. The highest BCUT2D eigenvalue weighted by atomic mass is 35.5. The van der Waals surface area contributed by atoms with E-state index >= 15 is 0 Å². The van der Waals surface area contributed by atoms with Crippen molar-refractivity contribution in [3.8, 4) is 5.75 Å². The van der Waals surface area contributed by atoms with Crippen molar-refractivity contribution in [1.29, 1.82) is 0 Å². The van der Waals surface area contributed by atoms with Crippen molar-refractivity contribution in [1.82, 2.24) is 9.80 Å². The molecule has 0 bridgehead atoms. The van der Waals surface area contributed by atoms with E-state index < -0.39 is 0 Å². The summed E-state index contributed by atoms with van der Waals surface area (Å²) in [6, 6.07) is 12.7. The van der Waals surface area contributed by atoms with Gasteiger partial charge in [-0.25, -0.2) is 0 Å². The monoisotopic (exact) mass is 407 g/mol. The lowest BCUT2D eigenvalue weighted by Crippen LogP contribution is -2.51. The van der Waals surface area contributed by atoms with E-state index in [1.165, 1.54) is 0 Å². The van der Waals surface area contributed by atoms with Crippen molar-refractivity contribution >= 4 is 34.8 Å². The molecule has 0 aromatic heterocycles. The van der Waals surface area contributed by atoms with E-state index in [0.29, 0.717) is 36.2 Å². The molecule has 2 aromatic carbocycles. The van der Waals surface area contributed by atoms with Gasteiger partial charge in [0, 0.05) is 38.4 Å². The molecule has 0 spiro atoms. The van der Waals surface area contributed by atoms with Crippen LogP contribution in [0.1, 0.15) is 5.56 Å². The molecule has 27 heavy (non-hydrogen) atoms. The molecule has 1 aliphatic rings. The van der Waals surface area contributed by atoms with Gasteiger partial charge >= 0.3 is 0 Å². The van der Waals surface area contributed by atoms with E-state index in [2.05, 4.69) is 4.90 Å². The molecule has 1 heterocycles. The summed E-state index contributed by atoms with van der Waals surface area (Å²) in [7, 11) is 1.92. The van der Waals surface area contributed by atoms with E-state index in [1.807, 2.05) is 41.1 Å². The number of halogens is 2. The Morgan fingerprint density at radius 2 is 1.70 bits per heavy atom. The van der Waals surface area contributed by atoms with Crippen LogP contribution in [0.3, 0.4) is 0 Å². The number of carbonyl (C=O) groups is 1. The second-order valence-corrected chi connectivity index (χ2v) is 7.62. The quantitative estimate of drug-likeness (QED) is 0.823. The van der Waals surface area contributed by atoms with Crippen LogP contribution < -0.4 is 4.90 Å². The molecule has 1 aliphatic heterocycles. The smallest absolute Gasteiger partial charge is 0.236 e. The fraction of sp³-hybridized carbons (Fsp3) is 0.350. The molecule has 0 atom stereocenters. The van der Waals surface area contributed by atoms with Gasteiger partial charge in [0.1, 0.15) is 5.75 Å². The van der Waals surface area contributed by atoms with E-state index in [4.69, 9.17) is 23.2 Å². The third kappa shape index (κ3) is 5.28. The summed E-state index contributed by atoms with van der Waals surface area (Å²) in [6.07, 6.45) is 0. The Morgan fingerprint density at radius 3 is 2.33 bits per heavy atom. The van der Waals surface area contributed by atoms with Gasteiger partial charge in [-0.2, -0.15) is 0 Å². The molecule has 1 N–H and O–H groups in total. The number of nitrogens with zero attached hydrogens (tertiary/aromatic N) is 3. The van der Waals surface area contributed by atoms with Gasteiger partial charge in [0.25, 0.3) is 0 Å². The van der Waals surface area contributed by atoms with Crippen LogP contribution in [0, 0.1) is 0 Å². The number of phenolic OH excluding ortho intramolecular Hbond substituents is 1. The fourth-order valence-electron chi connectivity index (χ4n) is 3.21. The molecule has 7 heteroatoms. The lowest BCUT2D eigenvalue weighted by molar-refractivity contribution is -0.132. The summed E-state index contributed by atoms with van der Waals surface area (Å²) in [5.74, 6) is 0.389. The lowest BCUT2D eigenvalue weighted by atomic mass is 10.2. The van der Waals surface area contributed by atoms with Crippen LogP contribution in [0.4, 0.5) is 5.69 Å². The highest BCUT2D eigenvalue weighted by Gasteiger charge is 2.22. The zero-order valence-corrected chi connectivity index (χ0v) is 16.7. The second-order valence-electron chi connectivity index (χ2n) is 6.80. The number of anilines is 1. The topological polar surface area (TPSA) is 47.0 Å². The average molecular weight is 408 g/mol. The summed E-state index contributed by atoms with van der Waals surface area (Å²) in [4.78, 5) is 18.7.